The zero-order valence-electron chi connectivity index (χ0n) is 11.3. The average Bonchev–Trinajstić information content (AvgIpc) is 2.82. The number of carboxylic acids is 1. The van der Waals surface area contributed by atoms with Gasteiger partial charge in [-0.3, -0.25) is 4.68 Å². The molecule has 0 aliphatic rings. The third-order valence-corrected chi connectivity index (χ3v) is 2.68. The molecule has 0 atom stereocenters. The molecule has 0 bridgehead atoms. The second kappa shape index (κ2) is 5.08. The molecule has 0 aliphatic heterocycles. The van der Waals surface area contributed by atoms with E-state index in [1.54, 1.807) is 37.8 Å². The van der Waals surface area contributed by atoms with Gasteiger partial charge in [0.15, 0.2) is 0 Å². The van der Waals surface area contributed by atoms with E-state index in [9.17, 15) is 9.59 Å². The third kappa shape index (κ3) is 2.79. The van der Waals surface area contributed by atoms with Crippen molar-refractivity contribution in [2.75, 3.05) is 10.6 Å². The van der Waals surface area contributed by atoms with Gasteiger partial charge in [-0.1, -0.05) is 0 Å². The van der Waals surface area contributed by atoms with Crippen LogP contribution in [-0.4, -0.2) is 31.9 Å². The number of carbonyl (C=O) groups is 2. The molecule has 2 aromatic rings. The summed E-state index contributed by atoms with van der Waals surface area (Å²) in [5.41, 5.74) is 2.05. The maximum atomic E-state index is 11.9. The van der Waals surface area contributed by atoms with Crippen LogP contribution in [0.25, 0.3) is 0 Å². The lowest BCUT2D eigenvalue weighted by molar-refractivity contribution is 0.0692. The van der Waals surface area contributed by atoms with Crippen LogP contribution in [0.2, 0.25) is 0 Å². The minimum atomic E-state index is -1.13. The SMILES string of the molecule is Cc1cc(NC(=O)Nc2cn(C)nc2C)c(C(=O)O)[nH]1. The summed E-state index contributed by atoms with van der Waals surface area (Å²) in [6, 6.07) is 1.03. The Kier molecular flexibility index (Phi) is 3.47. The smallest absolute Gasteiger partial charge is 0.354 e. The number of urea groups is 1. The van der Waals surface area contributed by atoms with E-state index in [4.69, 9.17) is 5.11 Å². The molecular weight excluding hydrogens is 262 g/mol. The quantitative estimate of drug-likeness (QED) is 0.684. The van der Waals surface area contributed by atoms with Crippen molar-refractivity contribution in [2.24, 2.45) is 7.05 Å². The lowest BCUT2D eigenvalue weighted by Crippen LogP contribution is -2.20. The minimum absolute atomic E-state index is 0.0550. The molecule has 2 amide bonds. The van der Waals surface area contributed by atoms with E-state index < -0.39 is 12.0 Å². The number of aromatic carboxylic acids is 1. The zero-order chi connectivity index (χ0) is 14.9. The Morgan fingerprint density at radius 2 is 1.95 bits per heavy atom. The molecule has 0 spiro atoms. The number of aromatic nitrogens is 3. The number of amides is 2. The van der Waals surface area contributed by atoms with Crippen molar-refractivity contribution >= 4 is 23.4 Å². The first kappa shape index (κ1) is 13.7. The maximum Gasteiger partial charge on any atom is 0.354 e. The summed E-state index contributed by atoms with van der Waals surface area (Å²) in [4.78, 5) is 25.5. The molecule has 2 heterocycles. The van der Waals surface area contributed by atoms with Gasteiger partial charge in [0.25, 0.3) is 0 Å². The van der Waals surface area contributed by atoms with Crippen LogP contribution in [-0.2, 0) is 7.05 Å². The van der Waals surface area contributed by atoms with Crippen LogP contribution in [0.15, 0.2) is 12.3 Å². The van der Waals surface area contributed by atoms with Crippen molar-refractivity contribution in [3.63, 3.8) is 0 Å². The Bertz CT molecular complexity index is 671. The summed E-state index contributed by atoms with van der Waals surface area (Å²) < 4.78 is 1.58. The fourth-order valence-corrected chi connectivity index (χ4v) is 1.85. The standard InChI is InChI=1S/C12H15N5O3/c1-6-4-8(10(13-6)11(18)19)14-12(20)15-9-5-17(3)16-7(9)2/h4-5,13H,1-3H3,(H,18,19)(H2,14,15,20). The monoisotopic (exact) mass is 277 g/mol. The Balaban J connectivity index is 2.12. The Hall–Kier alpha value is -2.77. The molecule has 2 rings (SSSR count). The highest BCUT2D eigenvalue weighted by molar-refractivity contribution is 6.04. The van der Waals surface area contributed by atoms with Crippen molar-refractivity contribution in [3.05, 3.63) is 29.3 Å². The number of H-pyrrole nitrogens is 1. The zero-order valence-corrected chi connectivity index (χ0v) is 11.3. The third-order valence-electron chi connectivity index (χ3n) is 2.68. The molecule has 20 heavy (non-hydrogen) atoms. The molecule has 8 nitrogen and oxygen atoms in total. The second-order valence-electron chi connectivity index (χ2n) is 4.43. The molecule has 0 saturated heterocycles. The van der Waals surface area contributed by atoms with Crippen LogP contribution in [0.5, 0.6) is 0 Å². The lowest BCUT2D eigenvalue weighted by Gasteiger charge is -2.05. The highest BCUT2D eigenvalue weighted by Gasteiger charge is 2.16. The number of rotatable bonds is 3. The molecule has 0 saturated carbocycles. The molecule has 0 aliphatic carbocycles. The second-order valence-corrected chi connectivity index (χ2v) is 4.43. The van der Waals surface area contributed by atoms with Gasteiger partial charge in [0.05, 0.1) is 17.1 Å². The van der Waals surface area contributed by atoms with E-state index in [0.717, 1.165) is 0 Å². The Morgan fingerprint density at radius 3 is 2.50 bits per heavy atom. The predicted molar refractivity (Wildman–Crippen MR) is 73.1 cm³/mol. The molecule has 0 fully saturated rings. The number of anilines is 2. The summed E-state index contributed by atoms with van der Waals surface area (Å²) in [5.74, 6) is -1.13. The van der Waals surface area contributed by atoms with E-state index in [2.05, 4.69) is 20.7 Å². The summed E-state index contributed by atoms with van der Waals surface area (Å²) >= 11 is 0. The molecule has 106 valence electrons. The summed E-state index contributed by atoms with van der Waals surface area (Å²) in [5, 5.41) is 18.2. The predicted octanol–water partition coefficient (Wildman–Crippen LogP) is 1.71. The molecule has 4 N–H and O–H groups in total. The topological polar surface area (TPSA) is 112 Å². The summed E-state index contributed by atoms with van der Waals surface area (Å²) in [7, 11) is 1.74. The highest BCUT2D eigenvalue weighted by atomic mass is 16.4. The van der Waals surface area contributed by atoms with Crippen LogP contribution in [0.4, 0.5) is 16.2 Å². The van der Waals surface area contributed by atoms with Crippen molar-refractivity contribution in [1.29, 1.82) is 0 Å². The van der Waals surface area contributed by atoms with Gasteiger partial charge in [-0.15, -0.1) is 0 Å². The van der Waals surface area contributed by atoms with Crippen LogP contribution in [0, 0.1) is 13.8 Å². The summed E-state index contributed by atoms with van der Waals surface area (Å²) in [6.07, 6.45) is 1.66. The van der Waals surface area contributed by atoms with E-state index >= 15 is 0 Å². The van der Waals surface area contributed by atoms with Crippen LogP contribution in [0.1, 0.15) is 21.9 Å². The van der Waals surface area contributed by atoms with Gasteiger partial charge in [-0.25, -0.2) is 9.59 Å². The molecule has 2 aromatic heterocycles. The van der Waals surface area contributed by atoms with Gasteiger partial charge < -0.3 is 20.7 Å². The van der Waals surface area contributed by atoms with Gasteiger partial charge in [-0.05, 0) is 19.9 Å². The lowest BCUT2D eigenvalue weighted by atomic mass is 10.3. The number of carboxylic acid groups (broad SMARTS) is 1. The van der Waals surface area contributed by atoms with Gasteiger partial charge >= 0.3 is 12.0 Å². The highest BCUT2D eigenvalue weighted by Crippen LogP contribution is 2.18. The van der Waals surface area contributed by atoms with Crippen molar-refractivity contribution in [2.45, 2.75) is 13.8 Å². The Labute approximate surface area is 114 Å². The number of carbonyl (C=O) groups excluding carboxylic acids is 1. The first-order valence-electron chi connectivity index (χ1n) is 5.88. The largest absolute Gasteiger partial charge is 0.477 e. The molecule has 0 radical (unpaired) electrons. The van der Waals surface area contributed by atoms with Crippen LogP contribution >= 0.6 is 0 Å². The van der Waals surface area contributed by atoms with Crippen molar-refractivity contribution in [3.8, 4) is 0 Å². The van der Waals surface area contributed by atoms with Gasteiger partial charge in [0.1, 0.15) is 5.69 Å². The normalized spacial score (nSPS) is 10.3. The fourth-order valence-electron chi connectivity index (χ4n) is 1.85. The Morgan fingerprint density at radius 1 is 1.30 bits per heavy atom. The van der Waals surface area contributed by atoms with Gasteiger partial charge in [0.2, 0.25) is 0 Å². The molecular formula is C12H15N5O3. The number of nitrogens with zero attached hydrogens (tertiary/aromatic N) is 2. The van der Waals surface area contributed by atoms with E-state index in [1.165, 1.54) is 0 Å². The fraction of sp³-hybridized carbons (Fsp3) is 0.250. The number of hydrogen-bond acceptors (Lipinski definition) is 3. The van der Waals surface area contributed by atoms with E-state index in [1.807, 2.05) is 0 Å². The maximum absolute atomic E-state index is 11.9. The van der Waals surface area contributed by atoms with E-state index in [-0.39, 0.29) is 11.4 Å². The number of hydrogen-bond donors (Lipinski definition) is 4. The van der Waals surface area contributed by atoms with Gasteiger partial charge in [-0.2, -0.15) is 5.10 Å². The van der Waals surface area contributed by atoms with Gasteiger partial charge in [0, 0.05) is 18.9 Å². The van der Waals surface area contributed by atoms with Crippen molar-refractivity contribution < 1.29 is 14.7 Å². The molecule has 0 unspecified atom stereocenters. The summed E-state index contributed by atoms with van der Waals surface area (Å²) in [6.45, 7) is 3.47. The van der Waals surface area contributed by atoms with Crippen LogP contribution in [0.3, 0.4) is 0 Å². The number of aryl methyl sites for hydroxylation is 3. The number of nitrogens with one attached hydrogen (secondary N) is 3. The van der Waals surface area contributed by atoms with Crippen molar-refractivity contribution in [1.82, 2.24) is 14.8 Å². The first-order valence-corrected chi connectivity index (χ1v) is 5.88. The molecule has 8 heteroatoms. The molecule has 0 aromatic carbocycles. The first-order chi connectivity index (χ1) is 9.36. The number of aromatic amines is 1. The van der Waals surface area contributed by atoms with E-state index in [0.29, 0.717) is 17.1 Å². The minimum Gasteiger partial charge on any atom is -0.477 e. The average molecular weight is 277 g/mol. The van der Waals surface area contributed by atoms with Crippen LogP contribution < -0.4 is 10.6 Å².